The van der Waals surface area contributed by atoms with Crippen molar-refractivity contribution in [1.82, 2.24) is 5.32 Å². The molecule has 3 heteroatoms. The highest BCUT2D eigenvalue weighted by atomic mass is 16.1. The summed E-state index contributed by atoms with van der Waals surface area (Å²) in [6.07, 6.45) is 2.27. The van der Waals surface area contributed by atoms with E-state index in [0.717, 1.165) is 19.4 Å². The number of amides is 1. The minimum absolute atomic E-state index is 0.0579. The molecule has 3 N–H and O–H groups in total. The predicted molar refractivity (Wildman–Crippen MR) is 69.1 cm³/mol. The number of hydrogen-bond donors (Lipinski definition) is 2. The van der Waals surface area contributed by atoms with E-state index >= 15 is 0 Å². The van der Waals surface area contributed by atoms with E-state index in [-0.39, 0.29) is 17.2 Å². The third kappa shape index (κ3) is 5.50. The van der Waals surface area contributed by atoms with Crippen LogP contribution in [0.25, 0.3) is 0 Å². The second kappa shape index (κ2) is 6.89. The van der Waals surface area contributed by atoms with Gasteiger partial charge in [-0.25, -0.2) is 0 Å². The molecule has 0 radical (unpaired) electrons. The molecule has 0 spiro atoms. The first-order valence-corrected chi connectivity index (χ1v) is 6.32. The molecule has 1 amide bonds. The van der Waals surface area contributed by atoms with E-state index in [4.69, 9.17) is 5.73 Å². The van der Waals surface area contributed by atoms with Crippen molar-refractivity contribution in [2.75, 3.05) is 13.1 Å². The Hall–Kier alpha value is -0.570. The van der Waals surface area contributed by atoms with Crippen LogP contribution < -0.4 is 11.1 Å². The Morgan fingerprint density at radius 1 is 1.38 bits per heavy atom. The molecule has 0 rings (SSSR count). The summed E-state index contributed by atoms with van der Waals surface area (Å²) in [5, 5.41) is 3.02. The minimum Gasteiger partial charge on any atom is -0.355 e. The van der Waals surface area contributed by atoms with E-state index in [1.165, 1.54) is 0 Å². The van der Waals surface area contributed by atoms with Gasteiger partial charge in [0.05, 0.1) is 5.92 Å². The molecule has 0 saturated heterocycles. The van der Waals surface area contributed by atoms with E-state index in [9.17, 15) is 4.79 Å². The van der Waals surface area contributed by atoms with Crippen LogP contribution in [0.3, 0.4) is 0 Å². The van der Waals surface area contributed by atoms with Gasteiger partial charge in [-0.3, -0.25) is 4.79 Å². The molecule has 0 aromatic heterocycles. The molecule has 0 heterocycles. The molecule has 96 valence electrons. The van der Waals surface area contributed by atoms with Gasteiger partial charge in [-0.15, -0.1) is 0 Å². The van der Waals surface area contributed by atoms with E-state index in [2.05, 4.69) is 26.1 Å². The molecule has 0 aliphatic rings. The van der Waals surface area contributed by atoms with E-state index in [1.54, 1.807) is 0 Å². The van der Waals surface area contributed by atoms with Crippen molar-refractivity contribution in [3.63, 3.8) is 0 Å². The van der Waals surface area contributed by atoms with Crippen LogP contribution in [-0.2, 0) is 4.79 Å². The molecule has 0 aromatic rings. The summed E-state index contributed by atoms with van der Waals surface area (Å²) in [6, 6.07) is 0. The molecule has 0 aliphatic heterocycles. The first-order chi connectivity index (χ1) is 7.34. The highest BCUT2D eigenvalue weighted by Crippen LogP contribution is 2.21. The minimum atomic E-state index is -0.0579. The molecule has 0 fully saturated rings. The molecule has 0 saturated carbocycles. The summed E-state index contributed by atoms with van der Waals surface area (Å²) in [5.41, 5.74) is 5.79. The Balaban J connectivity index is 4.15. The van der Waals surface area contributed by atoms with Crippen LogP contribution in [0.5, 0.6) is 0 Å². The SMILES string of the molecule is CCCC(C)(C)CNC(=O)C(CN)C(C)C. The lowest BCUT2D eigenvalue weighted by Gasteiger charge is -2.26. The lowest BCUT2D eigenvalue weighted by Crippen LogP contribution is -2.41. The van der Waals surface area contributed by atoms with Crippen LogP contribution in [0.15, 0.2) is 0 Å². The second-order valence-electron chi connectivity index (χ2n) is 5.72. The molecular formula is C13H28N2O. The number of nitrogens with two attached hydrogens (primary N) is 1. The predicted octanol–water partition coefficient (Wildman–Crippen LogP) is 2.16. The highest BCUT2D eigenvalue weighted by Gasteiger charge is 2.23. The lowest BCUT2D eigenvalue weighted by atomic mass is 9.87. The van der Waals surface area contributed by atoms with Gasteiger partial charge >= 0.3 is 0 Å². The van der Waals surface area contributed by atoms with Crippen LogP contribution >= 0.6 is 0 Å². The zero-order valence-electron chi connectivity index (χ0n) is 11.5. The zero-order chi connectivity index (χ0) is 12.8. The average Bonchev–Trinajstić information content (AvgIpc) is 2.15. The molecule has 1 unspecified atom stereocenters. The summed E-state index contributed by atoms with van der Waals surface area (Å²) in [6.45, 7) is 11.8. The van der Waals surface area contributed by atoms with Gasteiger partial charge in [-0.05, 0) is 17.8 Å². The first-order valence-electron chi connectivity index (χ1n) is 6.32. The fraction of sp³-hybridized carbons (Fsp3) is 0.923. The lowest BCUT2D eigenvalue weighted by molar-refractivity contribution is -0.126. The molecular weight excluding hydrogens is 200 g/mol. The van der Waals surface area contributed by atoms with Crippen LogP contribution in [0.4, 0.5) is 0 Å². The highest BCUT2D eigenvalue weighted by molar-refractivity contribution is 5.79. The Morgan fingerprint density at radius 2 is 1.94 bits per heavy atom. The number of carbonyl (C=O) groups excluding carboxylic acids is 1. The van der Waals surface area contributed by atoms with Gasteiger partial charge < -0.3 is 11.1 Å². The van der Waals surface area contributed by atoms with Gasteiger partial charge in [0.2, 0.25) is 5.91 Å². The maximum atomic E-state index is 11.9. The molecule has 0 bridgehead atoms. The Kier molecular flexibility index (Phi) is 6.65. The summed E-state index contributed by atoms with van der Waals surface area (Å²) in [5.74, 6) is 0.346. The summed E-state index contributed by atoms with van der Waals surface area (Å²) in [7, 11) is 0. The van der Waals surface area contributed by atoms with Crippen molar-refractivity contribution in [3.8, 4) is 0 Å². The summed E-state index contributed by atoms with van der Waals surface area (Å²) < 4.78 is 0. The number of hydrogen-bond acceptors (Lipinski definition) is 2. The Labute approximate surface area is 100 Å². The summed E-state index contributed by atoms with van der Waals surface area (Å²) >= 11 is 0. The largest absolute Gasteiger partial charge is 0.355 e. The van der Waals surface area contributed by atoms with Gasteiger partial charge in [0.25, 0.3) is 0 Å². The molecule has 0 aromatic carbocycles. The maximum Gasteiger partial charge on any atom is 0.224 e. The number of nitrogens with one attached hydrogen (secondary N) is 1. The van der Waals surface area contributed by atoms with Crippen LogP contribution in [0.2, 0.25) is 0 Å². The standard InChI is InChI=1S/C13H28N2O/c1-6-7-13(4,5)9-15-12(16)11(8-14)10(2)3/h10-11H,6-9,14H2,1-5H3,(H,15,16). The van der Waals surface area contributed by atoms with Gasteiger partial charge in [0.15, 0.2) is 0 Å². The number of rotatable bonds is 7. The molecule has 16 heavy (non-hydrogen) atoms. The quantitative estimate of drug-likeness (QED) is 0.701. The Morgan fingerprint density at radius 3 is 2.31 bits per heavy atom. The fourth-order valence-electron chi connectivity index (χ4n) is 1.90. The van der Waals surface area contributed by atoms with E-state index in [0.29, 0.717) is 12.5 Å². The van der Waals surface area contributed by atoms with Crippen molar-refractivity contribution < 1.29 is 4.79 Å². The van der Waals surface area contributed by atoms with E-state index < -0.39 is 0 Å². The average molecular weight is 228 g/mol. The van der Waals surface area contributed by atoms with Gasteiger partial charge in [-0.1, -0.05) is 41.0 Å². The molecule has 3 nitrogen and oxygen atoms in total. The van der Waals surface area contributed by atoms with Gasteiger partial charge in [0.1, 0.15) is 0 Å². The third-order valence-electron chi connectivity index (χ3n) is 3.06. The van der Waals surface area contributed by atoms with Crippen molar-refractivity contribution in [2.45, 2.75) is 47.5 Å². The molecule has 0 aliphatic carbocycles. The maximum absolute atomic E-state index is 11.9. The number of carbonyl (C=O) groups is 1. The van der Waals surface area contributed by atoms with Gasteiger partial charge in [0, 0.05) is 13.1 Å². The topological polar surface area (TPSA) is 55.1 Å². The monoisotopic (exact) mass is 228 g/mol. The first kappa shape index (κ1) is 15.4. The van der Waals surface area contributed by atoms with Crippen LogP contribution in [0, 0.1) is 17.3 Å². The fourth-order valence-corrected chi connectivity index (χ4v) is 1.90. The van der Waals surface area contributed by atoms with Crippen molar-refractivity contribution >= 4 is 5.91 Å². The smallest absolute Gasteiger partial charge is 0.224 e. The zero-order valence-corrected chi connectivity index (χ0v) is 11.5. The van der Waals surface area contributed by atoms with Crippen molar-refractivity contribution in [2.24, 2.45) is 23.0 Å². The third-order valence-corrected chi connectivity index (χ3v) is 3.06. The van der Waals surface area contributed by atoms with Crippen LogP contribution in [0.1, 0.15) is 47.5 Å². The molecule has 1 atom stereocenters. The normalized spacial score (nSPS) is 13.9. The second-order valence-corrected chi connectivity index (χ2v) is 5.72. The Bertz CT molecular complexity index is 212. The van der Waals surface area contributed by atoms with Gasteiger partial charge in [-0.2, -0.15) is 0 Å². The van der Waals surface area contributed by atoms with E-state index in [1.807, 2.05) is 13.8 Å². The van der Waals surface area contributed by atoms with Crippen molar-refractivity contribution in [3.05, 3.63) is 0 Å². The van der Waals surface area contributed by atoms with Crippen LogP contribution in [-0.4, -0.2) is 19.0 Å². The van der Waals surface area contributed by atoms with Crippen molar-refractivity contribution in [1.29, 1.82) is 0 Å². The summed E-state index contributed by atoms with van der Waals surface area (Å²) in [4.78, 5) is 11.9.